The van der Waals surface area contributed by atoms with Crippen LogP contribution in [-0.2, 0) is 9.59 Å². The van der Waals surface area contributed by atoms with Crippen LogP contribution in [0.5, 0.6) is 0 Å². The second-order valence-electron chi connectivity index (χ2n) is 6.62. The van der Waals surface area contributed by atoms with Crippen LogP contribution in [0, 0.1) is 5.92 Å². The fourth-order valence-corrected chi connectivity index (χ4v) is 3.84. The molecule has 1 heterocycles. The van der Waals surface area contributed by atoms with Gasteiger partial charge in [0, 0.05) is 12.1 Å². The topological polar surface area (TPSA) is 49.4 Å². The predicted molar refractivity (Wildman–Crippen MR) is 83.8 cm³/mol. The molecule has 1 saturated carbocycles. The molecule has 2 fully saturated rings. The molecule has 120 valence electrons. The minimum Gasteiger partial charge on any atom is -0.303 e. The number of carbonyl (C=O) groups is 2. The Kier molecular flexibility index (Phi) is 5.80. The average Bonchev–Trinajstić information content (AvgIpc) is 2.77. The summed E-state index contributed by atoms with van der Waals surface area (Å²) in [5, 5.41) is 3.46. The van der Waals surface area contributed by atoms with Crippen molar-refractivity contribution in [2.45, 2.75) is 90.3 Å². The van der Waals surface area contributed by atoms with Crippen LogP contribution in [0.4, 0.5) is 0 Å². The first kappa shape index (κ1) is 16.5. The number of imide groups is 1. The number of nitrogens with one attached hydrogen (secondary N) is 1. The molecular formula is C17H30N2O2. The first-order valence-corrected chi connectivity index (χ1v) is 8.72. The summed E-state index contributed by atoms with van der Waals surface area (Å²) in [5.74, 6) is 0.866. The van der Waals surface area contributed by atoms with Gasteiger partial charge in [-0.25, -0.2) is 0 Å². The zero-order valence-corrected chi connectivity index (χ0v) is 13.7. The van der Waals surface area contributed by atoms with E-state index in [0.29, 0.717) is 12.5 Å². The highest BCUT2D eigenvalue weighted by molar-refractivity contribution is 6.05. The number of hydrogen-bond donors (Lipinski definition) is 1. The Morgan fingerprint density at radius 2 is 1.71 bits per heavy atom. The Bertz CT molecular complexity index is 371. The van der Waals surface area contributed by atoms with Crippen molar-refractivity contribution in [3.05, 3.63) is 0 Å². The van der Waals surface area contributed by atoms with Gasteiger partial charge in [0.1, 0.15) is 0 Å². The third kappa shape index (κ3) is 3.65. The molecule has 2 amide bonds. The van der Waals surface area contributed by atoms with Crippen molar-refractivity contribution in [1.29, 1.82) is 0 Å². The summed E-state index contributed by atoms with van der Waals surface area (Å²) in [5.41, 5.74) is 0. The lowest BCUT2D eigenvalue weighted by atomic mass is 9.84. The summed E-state index contributed by atoms with van der Waals surface area (Å²) in [7, 11) is 0. The summed E-state index contributed by atoms with van der Waals surface area (Å²) in [6, 6.07) is 0.213. The average molecular weight is 294 g/mol. The van der Waals surface area contributed by atoms with E-state index >= 15 is 0 Å². The van der Waals surface area contributed by atoms with Gasteiger partial charge in [-0.05, 0) is 44.4 Å². The minimum absolute atomic E-state index is 0.00585. The van der Waals surface area contributed by atoms with Gasteiger partial charge < -0.3 is 5.32 Å². The van der Waals surface area contributed by atoms with Gasteiger partial charge in [0.05, 0.1) is 12.5 Å². The van der Waals surface area contributed by atoms with Crippen LogP contribution < -0.4 is 5.32 Å². The van der Waals surface area contributed by atoms with E-state index in [1.54, 1.807) is 0 Å². The molecular weight excluding hydrogens is 264 g/mol. The smallest absolute Gasteiger partial charge is 0.247 e. The quantitative estimate of drug-likeness (QED) is 0.766. The van der Waals surface area contributed by atoms with Gasteiger partial charge >= 0.3 is 0 Å². The minimum atomic E-state index is -0.277. The Balaban J connectivity index is 1.91. The molecule has 0 aromatic heterocycles. The molecule has 1 unspecified atom stereocenters. The molecule has 2 rings (SSSR count). The van der Waals surface area contributed by atoms with E-state index in [0.717, 1.165) is 31.6 Å². The van der Waals surface area contributed by atoms with E-state index in [1.165, 1.54) is 24.2 Å². The lowest BCUT2D eigenvalue weighted by Gasteiger charge is -2.30. The van der Waals surface area contributed by atoms with Crippen molar-refractivity contribution in [2.75, 3.05) is 0 Å². The SMILES string of the molecule is CCC1CCC(NC2CC(=O)N(C(CC)CC)C2=O)CC1. The molecule has 1 N–H and O–H groups in total. The maximum atomic E-state index is 12.5. The van der Waals surface area contributed by atoms with Crippen LogP contribution in [0.25, 0.3) is 0 Å². The third-order valence-corrected chi connectivity index (χ3v) is 5.35. The molecule has 21 heavy (non-hydrogen) atoms. The van der Waals surface area contributed by atoms with Crippen LogP contribution in [-0.4, -0.2) is 34.8 Å². The fourth-order valence-electron chi connectivity index (χ4n) is 3.84. The van der Waals surface area contributed by atoms with Crippen molar-refractivity contribution in [2.24, 2.45) is 5.92 Å². The van der Waals surface area contributed by atoms with Crippen molar-refractivity contribution in [1.82, 2.24) is 10.2 Å². The van der Waals surface area contributed by atoms with E-state index < -0.39 is 0 Å². The van der Waals surface area contributed by atoms with Crippen molar-refractivity contribution < 1.29 is 9.59 Å². The number of nitrogens with zero attached hydrogens (tertiary/aromatic N) is 1. The van der Waals surface area contributed by atoms with Gasteiger partial charge in [0.25, 0.3) is 0 Å². The molecule has 0 aromatic rings. The van der Waals surface area contributed by atoms with E-state index in [9.17, 15) is 9.59 Å². The van der Waals surface area contributed by atoms with Gasteiger partial charge in [-0.15, -0.1) is 0 Å². The largest absolute Gasteiger partial charge is 0.303 e. The summed E-state index contributed by atoms with van der Waals surface area (Å²) in [4.78, 5) is 26.2. The first-order chi connectivity index (χ1) is 10.1. The standard InChI is InChI=1S/C17H30N2O2/c1-4-12-7-9-13(10-8-12)18-15-11-16(20)19(17(15)21)14(5-2)6-3/h12-15,18H,4-11H2,1-3H3. The van der Waals surface area contributed by atoms with E-state index in [1.807, 2.05) is 13.8 Å². The third-order valence-electron chi connectivity index (χ3n) is 5.35. The lowest BCUT2D eigenvalue weighted by Crippen LogP contribution is -2.47. The van der Waals surface area contributed by atoms with Crippen LogP contribution in [0.1, 0.15) is 72.1 Å². The van der Waals surface area contributed by atoms with Gasteiger partial charge in [-0.1, -0.05) is 27.2 Å². The molecule has 1 aliphatic carbocycles. The van der Waals surface area contributed by atoms with Crippen molar-refractivity contribution in [3.8, 4) is 0 Å². The summed E-state index contributed by atoms with van der Waals surface area (Å²) >= 11 is 0. The Morgan fingerprint density at radius 3 is 2.24 bits per heavy atom. The number of hydrogen-bond acceptors (Lipinski definition) is 3. The highest BCUT2D eigenvalue weighted by Crippen LogP contribution is 2.28. The number of amides is 2. The molecule has 1 atom stereocenters. The van der Waals surface area contributed by atoms with Crippen LogP contribution in [0.2, 0.25) is 0 Å². The second-order valence-corrected chi connectivity index (χ2v) is 6.62. The summed E-state index contributed by atoms with van der Waals surface area (Å²) < 4.78 is 0. The summed E-state index contributed by atoms with van der Waals surface area (Å²) in [6.45, 7) is 6.34. The maximum Gasteiger partial charge on any atom is 0.247 e. The molecule has 4 nitrogen and oxygen atoms in total. The van der Waals surface area contributed by atoms with Gasteiger partial charge in [0.2, 0.25) is 11.8 Å². The molecule has 0 aromatic carbocycles. The van der Waals surface area contributed by atoms with Crippen LogP contribution in [0.15, 0.2) is 0 Å². The highest BCUT2D eigenvalue weighted by atomic mass is 16.2. The Hall–Kier alpha value is -0.900. The molecule has 1 saturated heterocycles. The highest BCUT2D eigenvalue weighted by Gasteiger charge is 2.42. The monoisotopic (exact) mass is 294 g/mol. The van der Waals surface area contributed by atoms with Gasteiger partial charge in [-0.2, -0.15) is 0 Å². The lowest BCUT2D eigenvalue weighted by molar-refractivity contribution is -0.141. The van der Waals surface area contributed by atoms with Crippen LogP contribution in [0.3, 0.4) is 0 Å². The molecule has 2 aliphatic rings. The molecule has 0 bridgehead atoms. The normalized spacial score (nSPS) is 30.5. The van der Waals surface area contributed by atoms with Crippen molar-refractivity contribution in [3.63, 3.8) is 0 Å². The number of rotatable bonds is 6. The Morgan fingerprint density at radius 1 is 1.10 bits per heavy atom. The molecule has 4 heteroatoms. The molecule has 0 radical (unpaired) electrons. The van der Waals surface area contributed by atoms with E-state index in [2.05, 4.69) is 12.2 Å². The zero-order valence-electron chi connectivity index (χ0n) is 13.7. The fraction of sp³-hybridized carbons (Fsp3) is 0.882. The first-order valence-electron chi connectivity index (χ1n) is 8.72. The van der Waals surface area contributed by atoms with Crippen molar-refractivity contribution >= 4 is 11.8 Å². The van der Waals surface area contributed by atoms with E-state index in [-0.39, 0.29) is 23.9 Å². The van der Waals surface area contributed by atoms with Gasteiger partial charge in [-0.3, -0.25) is 14.5 Å². The number of likely N-dealkylation sites (tertiary alicyclic amines) is 1. The molecule has 1 aliphatic heterocycles. The molecule has 0 spiro atoms. The predicted octanol–water partition coefficient (Wildman–Crippen LogP) is 2.86. The van der Waals surface area contributed by atoms with Crippen LogP contribution >= 0.6 is 0 Å². The van der Waals surface area contributed by atoms with Gasteiger partial charge in [0.15, 0.2) is 0 Å². The summed E-state index contributed by atoms with van der Waals surface area (Å²) in [6.07, 6.45) is 8.09. The Labute approximate surface area is 128 Å². The second kappa shape index (κ2) is 7.39. The number of carbonyl (C=O) groups excluding carboxylic acids is 2. The zero-order chi connectivity index (χ0) is 15.4. The van der Waals surface area contributed by atoms with E-state index in [4.69, 9.17) is 0 Å². The maximum absolute atomic E-state index is 12.5.